The summed E-state index contributed by atoms with van der Waals surface area (Å²) in [4.78, 5) is 4.31. The van der Waals surface area contributed by atoms with Gasteiger partial charge in [-0.1, -0.05) is 13.0 Å². The fourth-order valence-corrected chi connectivity index (χ4v) is 2.46. The van der Waals surface area contributed by atoms with Crippen LogP contribution in [0.3, 0.4) is 0 Å². The first-order valence-corrected chi connectivity index (χ1v) is 7.45. The van der Waals surface area contributed by atoms with E-state index in [1.54, 1.807) is 13.3 Å². The predicted molar refractivity (Wildman–Crippen MR) is 83.4 cm³/mol. The van der Waals surface area contributed by atoms with Crippen LogP contribution in [0.25, 0.3) is 0 Å². The van der Waals surface area contributed by atoms with Crippen molar-refractivity contribution in [3.05, 3.63) is 41.9 Å². The van der Waals surface area contributed by atoms with Crippen molar-refractivity contribution in [2.24, 2.45) is 7.05 Å². The molecule has 0 radical (unpaired) electrons. The van der Waals surface area contributed by atoms with Crippen molar-refractivity contribution >= 4 is 0 Å². The molecular weight excluding hydrogens is 264 g/mol. The molecule has 5 nitrogen and oxygen atoms in total. The monoisotopic (exact) mass is 288 g/mol. The van der Waals surface area contributed by atoms with E-state index in [2.05, 4.69) is 34.5 Å². The number of hydrogen-bond donors (Lipinski definition) is 1. The second kappa shape index (κ2) is 7.78. The molecule has 5 heteroatoms. The van der Waals surface area contributed by atoms with E-state index in [1.807, 2.05) is 24.0 Å². The molecular formula is C16H24N4O. The van der Waals surface area contributed by atoms with Gasteiger partial charge in [-0.05, 0) is 37.9 Å². The van der Waals surface area contributed by atoms with E-state index >= 15 is 0 Å². The molecule has 114 valence electrons. The average Bonchev–Trinajstić information content (AvgIpc) is 2.93. The SMILES string of the molecule is CCCNC(CCc1ccnn1C)c1cccnc1OC. The Bertz CT molecular complexity index is 553. The van der Waals surface area contributed by atoms with Gasteiger partial charge in [0.15, 0.2) is 0 Å². The van der Waals surface area contributed by atoms with Crippen molar-refractivity contribution in [1.29, 1.82) is 0 Å². The Hall–Kier alpha value is -1.88. The molecule has 0 aliphatic rings. The highest BCUT2D eigenvalue weighted by Crippen LogP contribution is 2.26. The van der Waals surface area contributed by atoms with Crippen molar-refractivity contribution in [2.75, 3.05) is 13.7 Å². The molecule has 0 aromatic carbocycles. The van der Waals surface area contributed by atoms with Crippen LogP contribution in [0.2, 0.25) is 0 Å². The van der Waals surface area contributed by atoms with Gasteiger partial charge in [-0.3, -0.25) is 4.68 Å². The molecule has 0 saturated heterocycles. The summed E-state index contributed by atoms with van der Waals surface area (Å²) >= 11 is 0. The third-order valence-electron chi connectivity index (χ3n) is 3.62. The van der Waals surface area contributed by atoms with Gasteiger partial charge in [0.1, 0.15) is 0 Å². The predicted octanol–water partition coefficient (Wildman–Crippen LogP) is 2.50. The summed E-state index contributed by atoms with van der Waals surface area (Å²) in [6, 6.07) is 6.35. The van der Waals surface area contributed by atoms with Crippen molar-refractivity contribution in [3.8, 4) is 5.88 Å². The molecule has 1 N–H and O–H groups in total. The minimum absolute atomic E-state index is 0.239. The summed E-state index contributed by atoms with van der Waals surface area (Å²) in [5.74, 6) is 0.705. The highest BCUT2D eigenvalue weighted by atomic mass is 16.5. The minimum Gasteiger partial charge on any atom is -0.481 e. The lowest BCUT2D eigenvalue weighted by atomic mass is 10.0. The van der Waals surface area contributed by atoms with E-state index < -0.39 is 0 Å². The molecule has 2 aromatic heterocycles. The number of rotatable bonds is 8. The van der Waals surface area contributed by atoms with Crippen LogP contribution in [-0.2, 0) is 13.5 Å². The summed E-state index contributed by atoms with van der Waals surface area (Å²) in [6.07, 6.45) is 6.66. The highest BCUT2D eigenvalue weighted by Gasteiger charge is 2.16. The Balaban J connectivity index is 2.12. The quantitative estimate of drug-likeness (QED) is 0.811. The zero-order chi connectivity index (χ0) is 15.1. The van der Waals surface area contributed by atoms with Crippen LogP contribution in [0.4, 0.5) is 0 Å². The Kier molecular flexibility index (Phi) is 5.75. The molecule has 1 unspecified atom stereocenters. The van der Waals surface area contributed by atoms with Crippen LogP contribution in [-0.4, -0.2) is 28.4 Å². The van der Waals surface area contributed by atoms with Crippen molar-refractivity contribution in [1.82, 2.24) is 20.1 Å². The van der Waals surface area contributed by atoms with Gasteiger partial charge in [0.05, 0.1) is 7.11 Å². The third-order valence-corrected chi connectivity index (χ3v) is 3.62. The van der Waals surface area contributed by atoms with Gasteiger partial charge < -0.3 is 10.1 Å². The topological polar surface area (TPSA) is 52.0 Å². The maximum atomic E-state index is 5.40. The summed E-state index contributed by atoms with van der Waals surface area (Å²) in [7, 11) is 3.65. The van der Waals surface area contributed by atoms with E-state index in [4.69, 9.17) is 4.74 Å². The Morgan fingerprint density at radius 2 is 2.19 bits per heavy atom. The highest BCUT2D eigenvalue weighted by molar-refractivity contribution is 5.29. The number of aromatic nitrogens is 3. The fourth-order valence-electron chi connectivity index (χ4n) is 2.46. The molecule has 0 aliphatic heterocycles. The van der Waals surface area contributed by atoms with Crippen molar-refractivity contribution in [3.63, 3.8) is 0 Å². The minimum atomic E-state index is 0.239. The lowest BCUT2D eigenvalue weighted by Gasteiger charge is -2.20. The van der Waals surface area contributed by atoms with Crippen molar-refractivity contribution in [2.45, 2.75) is 32.2 Å². The van der Waals surface area contributed by atoms with Crippen LogP contribution in [0.5, 0.6) is 5.88 Å². The summed E-state index contributed by atoms with van der Waals surface area (Å²) < 4.78 is 7.33. The lowest BCUT2D eigenvalue weighted by molar-refractivity contribution is 0.378. The molecule has 0 amide bonds. The number of methoxy groups -OCH3 is 1. The number of aryl methyl sites for hydroxylation is 2. The van der Waals surface area contributed by atoms with Gasteiger partial charge >= 0.3 is 0 Å². The molecule has 2 aromatic rings. The summed E-state index contributed by atoms with van der Waals surface area (Å²) in [5, 5.41) is 7.82. The van der Waals surface area contributed by atoms with E-state index in [1.165, 1.54) is 5.69 Å². The molecule has 0 aliphatic carbocycles. The first kappa shape index (κ1) is 15.5. The maximum absolute atomic E-state index is 5.40. The van der Waals surface area contributed by atoms with Crippen LogP contribution in [0, 0.1) is 0 Å². The second-order valence-electron chi connectivity index (χ2n) is 5.09. The van der Waals surface area contributed by atoms with Gasteiger partial charge in [0.2, 0.25) is 5.88 Å². The largest absolute Gasteiger partial charge is 0.481 e. The lowest BCUT2D eigenvalue weighted by Crippen LogP contribution is -2.23. The second-order valence-corrected chi connectivity index (χ2v) is 5.09. The molecule has 2 rings (SSSR count). The third kappa shape index (κ3) is 4.04. The Morgan fingerprint density at radius 1 is 1.33 bits per heavy atom. The van der Waals surface area contributed by atoms with Gasteiger partial charge in [-0.2, -0.15) is 5.10 Å². The maximum Gasteiger partial charge on any atom is 0.217 e. The van der Waals surface area contributed by atoms with Crippen LogP contribution in [0.1, 0.15) is 37.1 Å². The molecule has 0 fully saturated rings. The van der Waals surface area contributed by atoms with Gasteiger partial charge in [0, 0.05) is 36.7 Å². The normalized spacial score (nSPS) is 12.3. The smallest absolute Gasteiger partial charge is 0.217 e. The van der Waals surface area contributed by atoms with E-state index in [-0.39, 0.29) is 6.04 Å². The first-order chi connectivity index (χ1) is 10.3. The average molecular weight is 288 g/mol. The number of nitrogens with one attached hydrogen (secondary N) is 1. The first-order valence-electron chi connectivity index (χ1n) is 7.45. The van der Waals surface area contributed by atoms with Crippen LogP contribution < -0.4 is 10.1 Å². The number of hydrogen-bond acceptors (Lipinski definition) is 4. The fraction of sp³-hybridized carbons (Fsp3) is 0.500. The van der Waals surface area contributed by atoms with E-state index in [0.29, 0.717) is 5.88 Å². The zero-order valence-electron chi connectivity index (χ0n) is 13.0. The van der Waals surface area contributed by atoms with Crippen LogP contribution >= 0.6 is 0 Å². The molecule has 2 heterocycles. The van der Waals surface area contributed by atoms with Gasteiger partial charge in [0.25, 0.3) is 0 Å². The molecule has 0 saturated carbocycles. The van der Waals surface area contributed by atoms with Gasteiger partial charge in [-0.25, -0.2) is 4.98 Å². The van der Waals surface area contributed by atoms with Crippen molar-refractivity contribution < 1.29 is 4.74 Å². The molecule has 21 heavy (non-hydrogen) atoms. The Morgan fingerprint density at radius 3 is 2.86 bits per heavy atom. The molecule has 0 spiro atoms. The zero-order valence-corrected chi connectivity index (χ0v) is 13.0. The Labute approximate surface area is 126 Å². The molecule has 1 atom stereocenters. The van der Waals surface area contributed by atoms with Gasteiger partial charge in [-0.15, -0.1) is 0 Å². The van der Waals surface area contributed by atoms with E-state index in [9.17, 15) is 0 Å². The standard InChI is InChI=1S/C16H24N4O/c1-4-10-17-15(8-7-13-9-12-19-20(13)2)14-6-5-11-18-16(14)21-3/h5-6,9,11-12,15,17H,4,7-8,10H2,1-3H3. The number of ether oxygens (including phenoxy) is 1. The van der Waals surface area contributed by atoms with E-state index in [0.717, 1.165) is 31.4 Å². The summed E-state index contributed by atoms with van der Waals surface area (Å²) in [5.41, 5.74) is 2.36. The molecule has 0 bridgehead atoms. The number of pyridine rings is 1. The number of nitrogens with zero attached hydrogens (tertiary/aromatic N) is 3. The summed E-state index contributed by atoms with van der Waals surface area (Å²) in [6.45, 7) is 3.15. The van der Waals surface area contributed by atoms with Crippen LogP contribution in [0.15, 0.2) is 30.6 Å².